The Balaban J connectivity index is 0.00000144. The Morgan fingerprint density at radius 1 is 1.24 bits per heavy atom. The van der Waals surface area contributed by atoms with Crippen LogP contribution in [0.5, 0.6) is 0 Å². The molecule has 1 aliphatic rings. The van der Waals surface area contributed by atoms with E-state index in [1.165, 1.54) is 0 Å². The third-order valence-electron chi connectivity index (χ3n) is 2.82. The van der Waals surface area contributed by atoms with Crippen LogP contribution in [0.25, 0.3) is 0 Å². The average molecular weight is 270 g/mol. The van der Waals surface area contributed by atoms with Crippen molar-refractivity contribution >= 4 is 12.4 Å². The number of nitrogens with one attached hydrogen (secondary N) is 1. The predicted octanol–water partition coefficient (Wildman–Crippen LogP) is 3.34. The molecule has 1 heterocycles. The van der Waals surface area contributed by atoms with E-state index in [0.717, 1.165) is 24.7 Å². The summed E-state index contributed by atoms with van der Waals surface area (Å²) < 4.78 is 50.8. The van der Waals surface area contributed by atoms with Crippen LogP contribution in [-0.2, 0) is 6.18 Å². The number of halogens is 5. The van der Waals surface area contributed by atoms with Gasteiger partial charge in [0.25, 0.3) is 0 Å². The van der Waals surface area contributed by atoms with Gasteiger partial charge in [0.1, 0.15) is 5.82 Å². The van der Waals surface area contributed by atoms with Crippen molar-refractivity contribution in [3.8, 4) is 0 Å². The Morgan fingerprint density at radius 2 is 1.94 bits per heavy atom. The van der Waals surface area contributed by atoms with Crippen molar-refractivity contribution < 1.29 is 17.6 Å². The van der Waals surface area contributed by atoms with E-state index in [0.29, 0.717) is 13.0 Å². The lowest BCUT2D eigenvalue weighted by Gasteiger charge is -2.13. The molecule has 0 bridgehead atoms. The van der Waals surface area contributed by atoms with E-state index in [4.69, 9.17) is 0 Å². The molecular formula is C11H12ClF4N. The molecule has 0 amide bonds. The molecule has 1 saturated heterocycles. The molecule has 0 spiro atoms. The summed E-state index contributed by atoms with van der Waals surface area (Å²) in [5.74, 6) is -0.705. The molecule has 6 heteroatoms. The second kappa shape index (κ2) is 5.23. The zero-order chi connectivity index (χ0) is 11.8. The van der Waals surface area contributed by atoms with Crippen molar-refractivity contribution in [2.45, 2.75) is 18.5 Å². The average Bonchev–Trinajstić information content (AvgIpc) is 2.69. The molecule has 96 valence electrons. The summed E-state index contributed by atoms with van der Waals surface area (Å²) >= 11 is 0. The normalized spacial score (nSPS) is 20.1. The largest absolute Gasteiger partial charge is 0.416 e. The topological polar surface area (TPSA) is 12.0 Å². The summed E-state index contributed by atoms with van der Waals surface area (Å²) in [6.45, 7) is 1.26. The van der Waals surface area contributed by atoms with Gasteiger partial charge in [-0.25, -0.2) is 4.39 Å². The SMILES string of the molecule is Cl.Fc1ccc(C(F)(F)F)cc1C1CCNC1. The molecule has 0 radical (unpaired) electrons. The van der Waals surface area contributed by atoms with E-state index in [9.17, 15) is 17.6 Å². The third-order valence-corrected chi connectivity index (χ3v) is 2.82. The van der Waals surface area contributed by atoms with Crippen LogP contribution in [0.4, 0.5) is 17.6 Å². The first-order valence-electron chi connectivity index (χ1n) is 5.06. The van der Waals surface area contributed by atoms with Gasteiger partial charge in [-0.05, 0) is 36.7 Å². The summed E-state index contributed by atoms with van der Waals surface area (Å²) in [7, 11) is 0. The molecule has 1 fully saturated rings. The minimum atomic E-state index is -4.41. The maximum Gasteiger partial charge on any atom is 0.416 e. The minimum Gasteiger partial charge on any atom is -0.316 e. The van der Waals surface area contributed by atoms with Gasteiger partial charge in [0.2, 0.25) is 0 Å². The van der Waals surface area contributed by atoms with Crippen LogP contribution >= 0.6 is 12.4 Å². The first kappa shape index (κ1) is 14.3. The van der Waals surface area contributed by atoms with Gasteiger partial charge in [-0.2, -0.15) is 13.2 Å². The molecule has 17 heavy (non-hydrogen) atoms. The van der Waals surface area contributed by atoms with Crippen molar-refractivity contribution in [2.75, 3.05) is 13.1 Å². The van der Waals surface area contributed by atoms with Crippen LogP contribution in [0.1, 0.15) is 23.5 Å². The van der Waals surface area contributed by atoms with Gasteiger partial charge in [0, 0.05) is 12.5 Å². The predicted molar refractivity (Wildman–Crippen MR) is 58.9 cm³/mol. The van der Waals surface area contributed by atoms with E-state index >= 15 is 0 Å². The van der Waals surface area contributed by atoms with Crippen LogP contribution < -0.4 is 5.32 Å². The van der Waals surface area contributed by atoms with Gasteiger partial charge >= 0.3 is 6.18 Å². The van der Waals surface area contributed by atoms with Crippen LogP contribution in [0.15, 0.2) is 18.2 Å². The Labute approximate surface area is 103 Å². The van der Waals surface area contributed by atoms with Gasteiger partial charge in [-0.3, -0.25) is 0 Å². The first-order chi connectivity index (χ1) is 7.48. The highest BCUT2D eigenvalue weighted by Gasteiger charge is 2.32. The monoisotopic (exact) mass is 269 g/mol. The third kappa shape index (κ3) is 3.10. The van der Waals surface area contributed by atoms with Crippen molar-refractivity contribution in [1.82, 2.24) is 5.32 Å². The summed E-state index contributed by atoms with van der Waals surface area (Å²) in [5.41, 5.74) is -0.615. The zero-order valence-corrected chi connectivity index (χ0v) is 9.67. The highest BCUT2D eigenvalue weighted by atomic mass is 35.5. The molecular weight excluding hydrogens is 258 g/mol. The van der Waals surface area contributed by atoms with Crippen molar-refractivity contribution in [3.63, 3.8) is 0 Å². The molecule has 1 aliphatic heterocycles. The fourth-order valence-electron chi connectivity index (χ4n) is 1.95. The lowest BCUT2D eigenvalue weighted by molar-refractivity contribution is -0.137. The summed E-state index contributed by atoms with van der Waals surface area (Å²) in [6, 6.07) is 2.60. The molecule has 1 unspecified atom stereocenters. The molecule has 2 rings (SSSR count). The Bertz CT molecular complexity index is 386. The smallest absolute Gasteiger partial charge is 0.316 e. The van der Waals surface area contributed by atoms with E-state index in [2.05, 4.69) is 5.32 Å². The molecule has 1 nitrogen and oxygen atoms in total. The molecule has 0 saturated carbocycles. The van der Waals surface area contributed by atoms with E-state index in [1.54, 1.807) is 0 Å². The van der Waals surface area contributed by atoms with Gasteiger partial charge < -0.3 is 5.32 Å². The van der Waals surface area contributed by atoms with Crippen LogP contribution in [0.2, 0.25) is 0 Å². The van der Waals surface area contributed by atoms with Gasteiger partial charge in [-0.15, -0.1) is 12.4 Å². The number of benzene rings is 1. The quantitative estimate of drug-likeness (QED) is 0.771. The number of hydrogen-bond donors (Lipinski definition) is 1. The molecule has 1 N–H and O–H groups in total. The molecule has 1 aromatic carbocycles. The minimum absolute atomic E-state index is 0. The lowest BCUT2D eigenvalue weighted by Crippen LogP contribution is -2.11. The molecule has 0 aliphatic carbocycles. The molecule has 1 atom stereocenters. The fraction of sp³-hybridized carbons (Fsp3) is 0.455. The van der Waals surface area contributed by atoms with Crippen molar-refractivity contribution in [1.29, 1.82) is 0 Å². The zero-order valence-electron chi connectivity index (χ0n) is 8.85. The second-order valence-electron chi connectivity index (χ2n) is 3.92. The highest BCUT2D eigenvalue weighted by Crippen LogP contribution is 2.33. The summed E-state index contributed by atoms with van der Waals surface area (Å²) in [5, 5.41) is 3.01. The fourth-order valence-corrected chi connectivity index (χ4v) is 1.95. The van der Waals surface area contributed by atoms with Gasteiger partial charge in [0.05, 0.1) is 5.56 Å². The lowest BCUT2D eigenvalue weighted by atomic mass is 9.96. The number of alkyl halides is 3. The van der Waals surface area contributed by atoms with Crippen molar-refractivity contribution in [3.05, 3.63) is 35.1 Å². The summed E-state index contributed by atoms with van der Waals surface area (Å²) in [6.07, 6.45) is -3.73. The Kier molecular flexibility index (Phi) is 4.38. The molecule has 0 aromatic heterocycles. The maximum atomic E-state index is 13.4. The Hall–Kier alpha value is -0.810. The van der Waals surface area contributed by atoms with E-state index in [-0.39, 0.29) is 23.9 Å². The maximum absolute atomic E-state index is 13.4. The van der Waals surface area contributed by atoms with Crippen LogP contribution in [-0.4, -0.2) is 13.1 Å². The van der Waals surface area contributed by atoms with Crippen LogP contribution in [0, 0.1) is 5.82 Å². The standard InChI is InChI=1S/C11H11F4N.ClH/c12-10-2-1-8(11(13,14)15)5-9(10)7-3-4-16-6-7;/h1-2,5,7,16H,3-4,6H2;1H. The van der Waals surface area contributed by atoms with E-state index < -0.39 is 17.6 Å². The number of rotatable bonds is 1. The van der Waals surface area contributed by atoms with E-state index in [1.807, 2.05) is 0 Å². The Morgan fingerprint density at radius 3 is 2.47 bits per heavy atom. The van der Waals surface area contributed by atoms with Crippen molar-refractivity contribution in [2.24, 2.45) is 0 Å². The highest BCUT2D eigenvalue weighted by molar-refractivity contribution is 5.85. The number of hydrogen-bond acceptors (Lipinski definition) is 1. The second-order valence-corrected chi connectivity index (χ2v) is 3.92. The van der Waals surface area contributed by atoms with Gasteiger partial charge in [0.15, 0.2) is 0 Å². The molecule has 1 aromatic rings. The summed E-state index contributed by atoms with van der Waals surface area (Å²) in [4.78, 5) is 0. The van der Waals surface area contributed by atoms with Crippen LogP contribution in [0.3, 0.4) is 0 Å². The van der Waals surface area contributed by atoms with Gasteiger partial charge in [-0.1, -0.05) is 0 Å². The first-order valence-corrected chi connectivity index (χ1v) is 5.06.